The van der Waals surface area contributed by atoms with Crippen molar-refractivity contribution in [2.24, 2.45) is 5.92 Å². The van der Waals surface area contributed by atoms with E-state index in [1.807, 2.05) is 0 Å². The lowest BCUT2D eigenvalue weighted by Crippen LogP contribution is -2.36. The van der Waals surface area contributed by atoms with Crippen molar-refractivity contribution in [2.75, 3.05) is 45.9 Å². The van der Waals surface area contributed by atoms with E-state index in [9.17, 15) is 0 Å². The van der Waals surface area contributed by atoms with E-state index in [4.69, 9.17) is 14.3 Å². The van der Waals surface area contributed by atoms with Crippen molar-refractivity contribution in [1.29, 1.82) is 5.26 Å². The second kappa shape index (κ2) is 16.3. The van der Waals surface area contributed by atoms with Gasteiger partial charge in [-0.15, -0.1) is 0 Å². The molecule has 33 heavy (non-hydrogen) atoms. The van der Waals surface area contributed by atoms with Crippen molar-refractivity contribution in [3.8, 4) is 6.07 Å². The normalized spacial score (nSPS) is 16.6. The van der Waals surface area contributed by atoms with Gasteiger partial charge in [0.15, 0.2) is 0 Å². The Balaban J connectivity index is 1.68. The van der Waals surface area contributed by atoms with Gasteiger partial charge in [-0.25, -0.2) is 4.67 Å². The van der Waals surface area contributed by atoms with Gasteiger partial charge < -0.3 is 14.4 Å². The molecule has 1 atom stereocenters. The van der Waals surface area contributed by atoms with E-state index < -0.39 is 8.53 Å². The Labute approximate surface area is 203 Å². The number of nitriles is 1. The first-order valence-corrected chi connectivity index (χ1v) is 13.5. The summed E-state index contributed by atoms with van der Waals surface area (Å²) in [5, 5.41) is 12.4. The number of nitrogens with zero attached hydrogens (tertiary/aromatic N) is 3. The van der Waals surface area contributed by atoms with Crippen LogP contribution in [0.2, 0.25) is 0 Å². The first-order valence-electron chi connectivity index (χ1n) is 12.3. The first kappa shape index (κ1) is 27.9. The maximum absolute atomic E-state index is 8.83. The van der Waals surface area contributed by atoms with Crippen LogP contribution in [0.1, 0.15) is 47.0 Å². The molecule has 6 nitrogen and oxygen atoms in total. The number of rotatable bonds is 18. The zero-order valence-electron chi connectivity index (χ0n) is 20.9. The van der Waals surface area contributed by atoms with Crippen molar-refractivity contribution in [3.05, 3.63) is 48.1 Å². The predicted molar refractivity (Wildman–Crippen MR) is 139 cm³/mol. The third kappa shape index (κ3) is 11.1. The highest BCUT2D eigenvalue weighted by Gasteiger charge is 2.26. The van der Waals surface area contributed by atoms with Gasteiger partial charge in [0.2, 0.25) is 0 Å². The highest BCUT2D eigenvalue weighted by atomic mass is 31.2. The molecule has 0 fully saturated rings. The van der Waals surface area contributed by atoms with Crippen LogP contribution in [0, 0.1) is 17.2 Å². The van der Waals surface area contributed by atoms with Crippen LogP contribution in [0.3, 0.4) is 0 Å². The Kier molecular flexibility index (Phi) is 13.8. The Morgan fingerprint density at radius 1 is 1.09 bits per heavy atom. The van der Waals surface area contributed by atoms with E-state index >= 15 is 0 Å². The van der Waals surface area contributed by atoms with Crippen molar-refractivity contribution < 1.29 is 9.05 Å². The third-order valence-corrected chi connectivity index (χ3v) is 7.65. The van der Waals surface area contributed by atoms with Gasteiger partial charge in [-0.1, -0.05) is 48.1 Å². The SMILES string of the molecule is CC(C)N(C(C)C)P(OCCC#N)OCCCNCCN(CC1=CC=CC1)CC1C=CC=C1. The summed E-state index contributed by atoms with van der Waals surface area (Å²) in [6, 6.07) is 2.81. The lowest BCUT2D eigenvalue weighted by Gasteiger charge is -2.35. The summed E-state index contributed by atoms with van der Waals surface area (Å²) in [5.74, 6) is 0.526. The van der Waals surface area contributed by atoms with Gasteiger partial charge in [0.05, 0.1) is 25.7 Å². The van der Waals surface area contributed by atoms with Crippen molar-refractivity contribution >= 4 is 8.53 Å². The molecule has 0 bridgehead atoms. The van der Waals surface area contributed by atoms with Gasteiger partial charge in [0, 0.05) is 44.2 Å². The number of hydrogen-bond acceptors (Lipinski definition) is 6. The molecule has 2 aliphatic rings. The lowest BCUT2D eigenvalue weighted by molar-refractivity contribution is 0.175. The molecule has 0 heterocycles. The monoisotopic (exact) mass is 474 g/mol. The van der Waals surface area contributed by atoms with Crippen LogP contribution in [0.4, 0.5) is 0 Å². The maximum atomic E-state index is 8.83. The van der Waals surface area contributed by atoms with E-state index in [1.165, 1.54) is 5.57 Å². The van der Waals surface area contributed by atoms with Crippen LogP contribution in [0.15, 0.2) is 48.1 Å². The molecule has 7 heteroatoms. The summed E-state index contributed by atoms with van der Waals surface area (Å²) in [6.07, 6.45) is 17.9. The van der Waals surface area contributed by atoms with Crippen LogP contribution in [-0.2, 0) is 9.05 Å². The number of nitrogens with one attached hydrogen (secondary N) is 1. The van der Waals surface area contributed by atoms with Crippen LogP contribution >= 0.6 is 8.53 Å². The molecule has 0 saturated carbocycles. The van der Waals surface area contributed by atoms with Gasteiger partial charge in [-0.2, -0.15) is 5.26 Å². The molecule has 1 unspecified atom stereocenters. The summed E-state index contributed by atoms with van der Waals surface area (Å²) in [7, 11) is -1.14. The van der Waals surface area contributed by atoms with Crippen LogP contribution in [0.5, 0.6) is 0 Å². The van der Waals surface area contributed by atoms with E-state index in [0.29, 0.717) is 37.6 Å². The molecule has 0 aromatic carbocycles. The molecule has 0 amide bonds. The molecule has 1 N–H and O–H groups in total. The molecule has 0 radical (unpaired) electrons. The number of hydrogen-bond donors (Lipinski definition) is 1. The van der Waals surface area contributed by atoms with Gasteiger partial charge >= 0.3 is 0 Å². The number of allylic oxidation sites excluding steroid dienone is 5. The molecule has 2 aliphatic carbocycles. The fourth-order valence-electron chi connectivity index (χ4n) is 4.04. The summed E-state index contributed by atoms with van der Waals surface area (Å²) in [4.78, 5) is 2.55. The van der Waals surface area contributed by atoms with E-state index in [0.717, 1.165) is 45.6 Å². The second-order valence-electron chi connectivity index (χ2n) is 9.11. The Hall–Kier alpha value is -1.32. The van der Waals surface area contributed by atoms with Crippen molar-refractivity contribution in [1.82, 2.24) is 14.9 Å². The largest absolute Gasteiger partial charge is 0.322 e. The van der Waals surface area contributed by atoms with E-state index in [1.54, 1.807) is 0 Å². The predicted octanol–water partition coefficient (Wildman–Crippen LogP) is 5.19. The lowest BCUT2D eigenvalue weighted by atomic mass is 10.1. The molecule has 0 saturated heterocycles. The summed E-state index contributed by atoms with van der Waals surface area (Å²) in [5.41, 5.74) is 1.50. The van der Waals surface area contributed by atoms with Crippen LogP contribution in [-0.4, -0.2) is 67.6 Å². The fourth-order valence-corrected chi connectivity index (χ4v) is 5.67. The zero-order chi connectivity index (χ0) is 23.9. The standard InChI is InChI=1S/C26H43N4O2P/c1-23(2)30(24(3)4)33(31-19-9-15-27)32-20-10-16-28-17-18-29(21-25-11-5-6-12-25)22-26-13-7-8-14-26/h5-8,11-13,23-25,28H,9-10,14,16-22H2,1-4H3. The molecule has 184 valence electrons. The minimum absolute atomic E-state index is 0.331. The molecule has 2 rings (SSSR count). The van der Waals surface area contributed by atoms with Gasteiger partial charge in [-0.05, 0) is 47.1 Å². The molecular weight excluding hydrogens is 431 g/mol. The second-order valence-corrected chi connectivity index (χ2v) is 10.6. The Morgan fingerprint density at radius 2 is 1.82 bits per heavy atom. The topological polar surface area (TPSA) is 60.8 Å². The minimum atomic E-state index is -1.14. The Bertz CT molecular complexity index is 692. The van der Waals surface area contributed by atoms with Crippen LogP contribution in [0.25, 0.3) is 0 Å². The van der Waals surface area contributed by atoms with Crippen LogP contribution < -0.4 is 5.32 Å². The molecule has 0 aliphatic heterocycles. The van der Waals surface area contributed by atoms with Gasteiger partial charge in [0.25, 0.3) is 8.53 Å². The van der Waals surface area contributed by atoms with Crippen molar-refractivity contribution in [3.63, 3.8) is 0 Å². The molecule has 0 aromatic heterocycles. The summed E-state index contributed by atoms with van der Waals surface area (Å²) in [6.45, 7) is 14.8. The smallest absolute Gasteiger partial charge is 0.259 e. The van der Waals surface area contributed by atoms with Gasteiger partial charge in [-0.3, -0.25) is 4.90 Å². The fraction of sp³-hybridized carbons (Fsp3) is 0.654. The first-order chi connectivity index (χ1) is 16.0. The zero-order valence-corrected chi connectivity index (χ0v) is 21.8. The van der Waals surface area contributed by atoms with E-state index in [-0.39, 0.29) is 0 Å². The van der Waals surface area contributed by atoms with Crippen molar-refractivity contribution in [2.45, 2.75) is 59.0 Å². The average molecular weight is 475 g/mol. The van der Waals surface area contributed by atoms with E-state index in [2.05, 4.69) is 91.2 Å². The third-order valence-electron chi connectivity index (χ3n) is 5.54. The summed E-state index contributed by atoms with van der Waals surface area (Å²) < 4.78 is 14.4. The molecule has 0 spiro atoms. The highest BCUT2D eigenvalue weighted by Crippen LogP contribution is 2.45. The van der Waals surface area contributed by atoms with Gasteiger partial charge in [0.1, 0.15) is 0 Å². The quantitative estimate of drug-likeness (QED) is 0.218. The average Bonchev–Trinajstić information content (AvgIpc) is 3.46. The molecular formula is C26H43N4O2P. The maximum Gasteiger partial charge on any atom is 0.259 e. The highest BCUT2D eigenvalue weighted by molar-refractivity contribution is 7.44. The Morgan fingerprint density at radius 3 is 2.45 bits per heavy atom. The molecule has 0 aromatic rings. The minimum Gasteiger partial charge on any atom is -0.322 e. The summed E-state index contributed by atoms with van der Waals surface area (Å²) >= 11 is 0.